The van der Waals surface area contributed by atoms with E-state index in [1.165, 1.54) is 11.1 Å². The number of benzene rings is 1. The Morgan fingerprint density at radius 3 is 2.67 bits per heavy atom. The minimum absolute atomic E-state index is 0.394. The fourth-order valence-electron chi connectivity index (χ4n) is 2.43. The molecule has 2 rings (SSSR count). The van der Waals surface area contributed by atoms with Gasteiger partial charge >= 0.3 is 0 Å². The lowest BCUT2D eigenvalue weighted by Gasteiger charge is -2.15. The van der Waals surface area contributed by atoms with Gasteiger partial charge in [-0.3, -0.25) is 0 Å². The van der Waals surface area contributed by atoms with Crippen LogP contribution in [-0.2, 0) is 13.5 Å². The molecule has 0 unspecified atom stereocenters. The Bertz CT molecular complexity index is 629. The molecule has 4 heteroatoms. The second-order valence-electron chi connectivity index (χ2n) is 5.84. The van der Waals surface area contributed by atoms with Crippen LogP contribution in [0.3, 0.4) is 0 Å². The van der Waals surface area contributed by atoms with Crippen molar-refractivity contribution >= 4 is 5.69 Å². The van der Waals surface area contributed by atoms with Gasteiger partial charge in [0.2, 0.25) is 5.88 Å². The molecule has 0 amide bonds. The van der Waals surface area contributed by atoms with Gasteiger partial charge in [0, 0.05) is 7.05 Å². The normalized spacial score (nSPS) is 11.1. The van der Waals surface area contributed by atoms with Gasteiger partial charge in [0.25, 0.3) is 0 Å². The number of aromatic nitrogens is 2. The predicted octanol–water partition coefficient (Wildman–Crippen LogP) is 4.18. The van der Waals surface area contributed by atoms with Crippen molar-refractivity contribution in [3.8, 4) is 11.6 Å². The first kappa shape index (κ1) is 15.4. The molecular weight excluding hydrogens is 262 g/mol. The van der Waals surface area contributed by atoms with E-state index >= 15 is 0 Å². The first-order valence-electron chi connectivity index (χ1n) is 7.53. The summed E-state index contributed by atoms with van der Waals surface area (Å²) in [5.41, 5.74) is 10.1. The van der Waals surface area contributed by atoms with Gasteiger partial charge in [-0.05, 0) is 36.5 Å². The Morgan fingerprint density at radius 2 is 2.05 bits per heavy atom. The molecule has 0 bridgehead atoms. The van der Waals surface area contributed by atoms with Gasteiger partial charge in [0.1, 0.15) is 11.4 Å². The molecule has 114 valence electrons. The number of aryl methyl sites for hydroxylation is 3. The number of rotatable bonds is 5. The van der Waals surface area contributed by atoms with E-state index in [2.05, 4.69) is 51.0 Å². The maximum Gasteiger partial charge on any atom is 0.241 e. The van der Waals surface area contributed by atoms with E-state index in [-0.39, 0.29) is 0 Å². The number of hydrogen-bond acceptors (Lipinski definition) is 3. The van der Waals surface area contributed by atoms with Crippen LogP contribution >= 0.6 is 0 Å². The Labute approximate surface area is 126 Å². The summed E-state index contributed by atoms with van der Waals surface area (Å²) in [6, 6.07) is 6.29. The topological polar surface area (TPSA) is 53.1 Å². The lowest BCUT2D eigenvalue weighted by molar-refractivity contribution is 0.425. The zero-order valence-electron chi connectivity index (χ0n) is 13.6. The third-order valence-corrected chi connectivity index (χ3v) is 3.59. The van der Waals surface area contributed by atoms with Crippen molar-refractivity contribution in [2.24, 2.45) is 7.05 Å². The molecule has 0 aliphatic heterocycles. The van der Waals surface area contributed by atoms with E-state index in [4.69, 9.17) is 10.5 Å². The summed E-state index contributed by atoms with van der Waals surface area (Å²) < 4.78 is 7.84. The molecule has 21 heavy (non-hydrogen) atoms. The lowest BCUT2D eigenvalue weighted by Crippen LogP contribution is -2.00. The van der Waals surface area contributed by atoms with Crippen LogP contribution in [0.25, 0.3) is 0 Å². The summed E-state index contributed by atoms with van der Waals surface area (Å²) in [6.07, 6.45) is 1.89. The van der Waals surface area contributed by atoms with Crippen LogP contribution in [-0.4, -0.2) is 9.78 Å². The number of nitrogens with zero attached hydrogens (tertiary/aromatic N) is 2. The summed E-state index contributed by atoms with van der Waals surface area (Å²) >= 11 is 0. The summed E-state index contributed by atoms with van der Waals surface area (Å²) in [5.74, 6) is 1.89. The van der Waals surface area contributed by atoms with Gasteiger partial charge < -0.3 is 10.5 Å². The lowest BCUT2D eigenvalue weighted by atomic mass is 10.0. The molecule has 1 aromatic carbocycles. The van der Waals surface area contributed by atoms with Gasteiger partial charge in [-0.25, -0.2) is 4.68 Å². The largest absolute Gasteiger partial charge is 0.437 e. The minimum Gasteiger partial charge on any atom is -0.437 e. The van der Waals surface area contributed by atoms with E-state index in [0.29, 0.717) is 17.5 Å². The van der Waals surface area contributed by atoms with Crippen LogP contribution in [0, 0.1) is 6.92 Å². The molecule has 0 radical (unpaired) electrons. The third kappa shape index (κ3) is 3.20. The molecule has 2 aromatic rings. The second kappa shape index (κ2) is 6.20. The Balaban J connectivity index is 2.40. The highest BCUT2D eigenvalue weighted by Gasteiger charge is 2.17. The van der Waals surface area contributed by atoms with E-state index in [1.807, 2.05) is 7.05 Å². The van der Waals surface area contributed by atoms with Crippen molar-refractivity contribution in [3.05, 3.63) is 35.0 Å². The van der Waals surface area contributed by atoms with Crippen LogP contribution in [0.15, 0.2) is 18.2 Å². The molecule has 0 spiro atoms. The molecule has 0 saturated carbocycles. The average molecular weight is 287 g/mol. The fourth-order valence-corrected chi connectivity index (χ4v) is 2.43. The van der Waals surface area contributed by atoms with Crippen molar-refractivity contribution in [2.45, 2.75) is 46.5 Å². The molecule has 0 fully saturated rings. The van der Waals surface area contributed by atoms with E-state index in [9.17, 15) is 0 Å². The number of nitrogen functional groups attached to an aromatic ring is 1. The van der Waals surface area contributed by atoms with Crippen molar-refractivity contribution in [3.63, 3.8) is 0 Å². The standard InChI is InChI=1S/C17H25N3O/c1-6-7-14-16(18)17(20(5)19-14)21-15-10-12(4)8-9-13(15)11(2)3/h8-11H,6-7,18H2,1-5H3. The second-order valence-corrected chi connectivity index (χ2v) is 5.84. The van der Waals surface area contributed by atoms with E-state index in [1.54, 1.807) is 4.68 Å². The van der Waals surface area contributed by atoms with Crippen LogP contribution in [0.2, 0.25) is 0 Å². The summed E-state index contributed by atoms with van der Waals surface area (Å²) in [7, 11) is 1.87. The highest BCUT2D eigenvalue weighted by Crippen LogP contribution is 2.35. The van der Waals surface area contributed by atoms with Crippen LogP contribution in [0.1, 0.15) is 49.9 Å². The summed E-state index contributed by atoms with van der Waals surface area (Å²) in [4.78, 5) is 0. The molecule has 4 nitrogen and oxygen atoms in total. The number of ether oxygens (including phenoxy) is 1. The fraction of sp³-hybridized carbons (Fsp3) is 0.471. The third-order valence-electron chi connectivity index (χ3n) is 3.59. The zero-order chi connectivity index (χ0) is 15.6. The van der Waals surface area contributed by atoms with Gasteiger partial charge in [0.05, 0.1) is 5.69 Å². The molecular formula is C17H25N3O. The molecule has 2 N–H and O–H groups in total. The first-order chi connectivity index (χ1) is 9.93. The van der Waals surface area contributed by atoms with Crippen molar-refractivity contribution in [2.75, 3.05) is 5.73 Å². The Hall–Kier alpha value is -1.97. The van der Waals surface area contributed by atoms with Crippen LogP contribution < -0.4 is 10.5 Å². The smallest absolute Gasteiger partial charge is 0.241 e. The summed E-state index contributed by atoms with van der Waals surface area (Å²) in [5, 5.41) is 4.46. The van der Waals surface area contributed by atoms with E-state index in [0.717, 1.165) is 24.3 Å². The molecule has 0 atom stereocenters. The number of hydrogen-bond donors (Lipinski definition) is 1. The summed E-state index contributed by atoms with van der Waals surface area (Å²) in [6.45, 7) is 8.50. The van der Waals surface area contributed by atoms with Crippen LogP contribution in [0.4, 0.5) is 5.69 Å². The average Bonchev–Trinajstić information content (AvgIpc) is 2.67. The highest BCUT2D eigenvalue weighted by molar-refractivity contribution is 5.55. The maximum absolute atomic E-state index is 6.19. The Kier molecular flexibility index (Phi) is 4.56. The molecule has 0 aliphatic rings. The number of anilines is 1. The van der Waals surface area contributed by atoms with E-state index < -0.39 is 0 Å². The minimum atomic E-state index is 0.394. The first-order valence-corrected chi connectivity index (χ1v) is 7.53. The van der Waals surface area contributed by atoms with Crippen molar-refractivity contribution in [1.29, 1.82) is 0 Å². The number of nitrogens with two attached hydrogens (primary N) is 1. The quantitative estimate of drug-likeness (QED) is 0.897. The maximum atomic E-state index is 6.19. The van der Waals surface area contributed by atoms with Gasteiger partial charge in [-0.2, -0.15) is 5.10 Å². The predicted molar refractivity (Wildman–Crippen MR) is 87.0 cm³/mol. The SMILES string of the molecule is CCCc1nn(C)c(Oc2cc(C)ccc2C(C)C)c1N. The van der Waals surface area contributed by atoms with Gasteiger partial charge in [-0.1, -0.05) is 39.3 Å². The van der Waals surface area contributed by atoms with Crippen molar-refractivity contribution in [1.82, 2.24) is 9.78 Å². The van der Waals surface area contributed by atoms with Crippen molar-refractivity contribution < 1.29 is 4.74 Å². The zero-order valence-corrected chi connectivity index (χ0v) is 13.6. The molecule has 1 aromatic heterocycles. The monoisotopic (exact) mass is 287 g/mol. The van der Waals surface area contributed by atoms with Gasteiger partial charge in [0.15, 0.2) is 0 Å². The molecule has 0 saturated heterocycles. The molecule has 0 aliphatic carbocycles. The Morgan fingerprint density at radius 1 is 1.33 bits per heavy atom. The highest BCUT2D eigenvalue weighted by atomic mass is 16.5. The molecule has 1 heterocycles. The van der Waals surface area contributed by atoms with Crippen LogP contribution in [0.5, 0.6) is 11.6 Å². The van der Waals surface area contributed by atoms with Gasteiger partial charge in [-0.15, -0.1) is 0 Å².